The number of halogens is 1. The Kier molecular flexibility index (Phi) is 3.36. The summed E-state index contributed by atoms with van der Waals surface area (Å²) in [5.74, 6) is 2.96. The summed E-state index contributed by atoms with van der Waals surface area (Å²) < 4.78 is 0. The Morgan fingerprint density at radius 3 is 2.81 bits per heavy atom. The van der Waals surface area contributed by atoms with Gasteiger partial charge < -0.3 is 4.90 Å². The van der Waals surface area contributed by atoms with Gasteiger partial charge in [0.2, 0.25) is 5.91 Å². The zero-order valence-corrected chi connectivity index (χ0v) is 14.1. The molecule has 2 saturated carbocycles. The molecule has 2 fully saturated rings. The summed E-state index contributed by atoms with van der Waals surface area (Å²) in [4.78, 5) is 14.1. The fourth-order valence-corrected chi connectivity index (χ4v) is 5.68. The van der Waals surface area contributed by atoms with Gasteiger partial charge in [-0.3, -0.25) is 4.79 Å². The Bertz CT molecular complexity index is 585. The molecule has 4 atom stereocenters. The van der Waals surface area contributed by atoms with Crippen LogP contribution in [-0.2, 0) is 11.2 Å². The van der Waals surface area contributed by atoms with Crippen LogP contribution in [0.5, 0.6) is 0 Å². The van der Waals surface area contributed by atoms with Gasteiger partial charge in [0, 0.05) is 24.0 Å². The van der Waals surface area contributed by atoms with Crippen molar-refractivity contribution in [1.82, 2.24) is 0 Å². The number of rotatable bonds is 2. The zero-order valence-electron chi connectivity index (χ0n) is 12.5. The van der Waals surface area contributed by atoms with Gasteiger partial charge in [0.1, 0.15) is 0 Å². The van der Waals surface area contributed by atoms with Gasteiger partial charge in [-0.25, -0.2) is 0 Å². The summed E-state index contributed by atoms with van der Waals surface area (Å²) >= 11 is 3.99. The van der Waals surface area contributed by atoms with Gasteiger partial charge in [-0.1, -0.05) is 34.5 Å². The first-order valence-electron chi connectivity index (χ1n) is 8.17. The molecule has 3 aliphatic rings. The topological polar surface area (TPSA) is 20.3 Å². The lowest BCUT2D eigenvalue weighted by molar-refractivity contribution is -0.118. The molecule has 1 aromatic rings. The minimum absolute atomic E-state index is 0.235. The van der Waals surface area contributed by atoms with Gasteiger partial charge >= 0.3 is 0 Å². The third kappa shape index (κ3) is 2.25. The van der Waals surface area contributed by atoms with Crippen LogP contribution in [0, 0.1) is 17.8 Å². The summed E-state index contributed by atoms with van der Waals surface area (Å²) in [6, 6.07) is 6.70. The molecule has 2 aliphatic carbocycles. The van der Waals surface area contributed by atoms with Crippen LogP contribution in [-0.4, -0.2) is 13.0 Å². The molecule has 0 spiro atoms. The normalized spacial score (nSPS) is 32.4. The minimum atomic E-state index is 0.235. The van der Waals surface area contributed by atoms with Crippen LogP contribution in [0.25, 0.3) is 0 Å². The number of carbonyl (C=O) groups is 1. The molecular weight excluding hydrogens is 326 g/mol. The molecule has 2 nitrogen and oxygen atoms in total. The molecule has 1 aromatic carbocycles. The van der Waals surface area contributed by atoms with Crippen LogP contribution in [0.1, 0.15) is 48.1 Å². The summed E-state index contributed by atoms with van der Waals surface area (Å²) in [5.41, 5.74) is 3.85. The molecule has 1 aliphatic heterocycles. The number of aryl methyl sites for hydroxylation is 1. The number of anilines is 1. The number of alkyl halides is 1. The van der Waals surface area contributed by atoms with Crippen molar-refractivity contribution >= 4 is 27.5 Å². The lowest BCUT2D eigenvalue weighted by Gasteiger charge is -2.30. The lowest BCUT2D eigenvalue weighted by Crippen LogP contribution is -2.31. The van der Waals surface area contributed by atoms with E-state index in [2.05, 4.69) is 34.1 Å². The van der Waals surface area contributed by atoms with E-state index in [9.17, 15) is 4.79 Å². The third-order valence-corrected chi connectivity index (χ3v) is 7.14. The molecule has 4 rings (SSSR count). The highest BCUT2D eigenvalue weighted by atomic mass is 79.9. The molecule has 21 heavy (non-hydrogen) atoms. The number of carbonyl (C=O) groups excluding carboxylic acids is 1. The van der Waals surface area contributed by atoms with Crippen LogP contribution in [0.2, 0.25) is 0 Å². The van der Waals surface area contributed by atoms with Crippen LogP contribution in [0.15, 0.2) is 18.2 Å². The SMILES string of the molecule is CN1C(=O)CCc2cc(C(Br)C3CC4CCC3C4)ccc21. The summed E-state index contributed by atoms with van der Waals surface area (Å²) in [7, 11) is 1.89. The standard InChI is InChI=1S/C18H22BrNO/c1-20-16-6-4-14(10-13(16)5-7-17(20)21)18(19)15-9-11-2-3-12(15)8-11/h4,6,10-12,15,18H,2-3,5,7-9H2,1H3. The van der Waals surface area contributed by atoms with E-state index in [0.29, 0.717) is 11.2 Å². The van der Waals surface area contributed by atoms with E-state index in [1.54, 1.807) is 0 Å². The van der Waals surface area contributed by atoms with Crippen molar-refractivity contribution < 1.29 is 4.79 Å². The summed E-state index contributed by atoms with van der Waals surface area (Å²) in [6.45, 7) is 0. The average molecular weight is 348 g/mol. The second-order valence-electron chi connectivity index (χ2n) is 7.08. The average Bonchev–Trinajstić information content (AvgIpc) is 3.13. The van der Waals surface area contributed by atoms with E-state index in [0.717, 1.165) is 29.9 Å². The van der Waals surface area contributed by atoms with Crippen molar-refractivity contribution in [2.45, 2.75) is 43.4 Å². The van der Waals surface area contributed by atoms with Crippen LogP contribution in [0.3, 0.4) is 0 Å². The van der Waals surface area contributed by atoms with Gasteiger partial charge in [0.05, 0.1) is 0 Å². The van der Waals surface area contributed by atoms with E-state index in [1.807, 2.05) is 11.9 Å². The summed E-state index contributed by atoms with van der Waals surface area (Å²) in [5, 5.41) is 0. The van der Waals surface area contributed by atoms with Crippen molar-refractivity contribution in [2.24, 2.45) is 17.8 Å². The molecule has 1 heterocycles. The number of hydrogen-bond donors (Lipinski definition) is 0. The van der Waals surface area contributed by atoms with Crippen molar-refractivity contribution in [3.8, 4) is 0 Å². The fourth-order valence-electron chi connectivity index (χ4n) is 4.75. The predicted octanol–water partition coefficient (Wildman–Crippen LogP) is 4.47. The quantitative estimate of drug-likeness (QED) is 0.722. The van der Waals surface area contributed by atoms with Gasteiger partial charge in [0.25, 0.3) is 0 Å². The molecule has 0 N–H and O–H groups in total. The molecule has 1 amide bonds. The zero-order chi connectivity index (χ0) is 14.6. The second kappa shape index (κ2) is 5.12. The highest BCUT2D eigenvalue weighted by Gasteiger charge is 2.42. The van der Waals surface area contributed by atoms with E-state index >= 15 is 0 Å². The maximum Gasteiger partial charge on any atom is 0.227 e. The Morgan fingerprint density at radius 1 is 1.24 bits per heavy atom. The van der Waals surface area contributed by atoms with Gasteiger partial charge in [-0.05, 0) is 60.6 Å². The van der Waals surface area contributed by atoms with Crippen molar-refractivity contribution in [3.05, 3.63) is 29.3 Å². The first-order chi connectivity index (χ1) is 10.1. The molecule has 0 saturated heterocycles. The largest absolute Gasteiger partial charge is 0.315 e. The van der Waals surface area contributed by atoms with Crippen LogP contribution < -0.4 is 4.90 Å². The monoisotopic (exact) mass is 347 g/mol. The van der Waals surface area contributed by atoms with E-state index in [1.165, 1.54) is 36.8 Å². The highest BCUT2D eigenvalue weighted by molar-refractivity contribution is 9.09. The van der Waals surface area contributed by atoms with Gasteiger partial charge in [0.15, 0.2) is 0 Å². The third-order valence-electron chi connectivity index (χ3n) is 5.93. The lowest BCUT2D eigenvalue weighted by atomic mass is 9.83. The van der Waals surface area contributed by atoms with Gasteiger partial charge in [-0.15, -0.1) is 0 Å². The number of nitrogens with zero attached hydrogens (tertiary/aromatic N) is 1. The van der Waals surface area contributed by atoms with E-state index in [-0.39, 0.29) is 5.91 Å². The highest BCUT2D eigenvalue weighted by Crippen LogP contribution is 2.55. The first-order valence-corrected chi connectivity index (χ1v) is 9.08. The van der Waals surface area contributed by atoms with E-state index in [4.69, 9.17) is 0 Å². The van der Waals surface area contributed by atoms with E-state index < -0.39 is 0 Å². The number of hydrogen-bond acceptors (Lipinski definition) is 1. The minimum Gasteiger partial charge on any atom is -0.315 e. The van der Waals surface area contributed by atoms with Crippen LogP contribution in [0.4, 0.5) is 5.69 Å². The first kappa shape index (κ1) is 13.8. The molecule has 3 heteroatoms. The van der Waals surface area contributed by atoms with Gasteiger partial charge in [-0.2, -0.15) is 0 Å². The van der Waals surface area contributed by atoms with Crippen molar-refractivity contribution in [3.63, 3.8) is 0 Å². The fraction of sp³-hybridized carbons (Fsp3) is 0.611. The molecule has 112 valence electrons. The smallest absolute Gasteiger partial charge is 0.227 e. The molecular formula is C18H22BrNO. The van der Waals surface area contributed by atoms with Crippen molar-refractivity contribution in [2.75, 3.05) is 11.9 Å². The summed E-state index contributed by atoms with van der Waals surface area (Å²) in [6.07, 6.45) is 7.28. The maximum absolute atomic E-state index is 11.8. The molecule has 2 bridgehead atoms. The van der Waals surface area contributed by atoms with Crippen molar-refractivity contribution in [1.29, 1.82) is 0 Å². The number of benzene rings is 1. The number of fused-ring (bicyclic) bond motifs is 3. The Morgan fingerprint density at radius 2 is 2.10 bits per heavy atom. The predicted molar refractivity (Wildman–Crippen MR) is 88.8 cm³/mol. The second-order valence-corrected chi connectivity index (χ2v) is 8.07. The Balaban J connectivity index is 1.60. The molecule has 0 radical (unpaired) electrons. The number of amides is 1. The Labute approximate surface area is 135 Å². The maximum atomic E-state index is 11.8. The molecule has 4 unspecified atom stereocenters. The molecule has 0 aromatic heterocycles. The Hall–Kier alpha value is -0.830. The van der Waals surface area contributed by atoms with Crippen LogP contribution >= 0.6 is 15.9 Å².